The van der Waals surface area contributed by atoms with E-state index in [0.29, 0.717) is 5.95 Å². The fraction of sp³-hybridized carbons (Fsp3) is 0.0833. The molecule has 2 rings (SSSR count). The smallest absolute Gasteiger partial charge is 0.223 e. The van der Waals surface area contributed by atoms with Crippen LogP contribution in [0.5, 0.6) is 5.75 Å². The summed E-state index contributed by atoms with van der Waals surface area (Å²) >= 11 is 3.22. The van der Waals surface area contributed by atoms with Crippen molar-refractivity contribution in [2.45, 2.75) is 0 Å². The zero-order valence-electron chi connectivity index (χ0n) is 9.30. The van der Waals surface area contributed by atoms with Gasteiger partial charge < -0.3 is 10.4 Å². The van der Waals surface area contributed by atoms with Gasteiger partial charge in [0, 0.05) is 12.4 Å². The summed E-state index contributed by atoms with van der Waals surface area (Å²) in [5.74, 6) is 0.114. The van der Waals surface area contributed by atoms with Crippen LogP contribution in [-0.2, 0) is 0 Å². The molecule has 1 heterocycles. The Morgan fingerprint density at radius 2 is 1.94 bits per heavy atom. The minimum absolute atomic E-state index is 0.0268. The van der Waals surface area contributed by atoms with E-state index >= 15 is 0 Å². The van der Waals surface area contributed by atoms with Gasteiger partial charge in [-0.15, -0.1) is 0 Å². The summed E-state index contributed by atoms with van der Waals surface area (Å²) in [7, 11) is 0. The molecule has 0 radical (unpaired) electrons. The van der Waals surface area contributed by atoms with Crippen molar-refractivity contribution in [3.63, 3.8) is 0 Å². The largest absolute Gasteiger partial charge is 0.507 e. The molecule has 6 heteroatoms. The number of ketones is 1. The van der Waals surface area contributed by atoms with E-state index < -0.39 is 0 Å². The highest BCUT2D eigenvalue weighted by Crippen LogP contribution is 2.16. The number of phenols is 1. The van der Waals surface area contributed by atoms with Crippen molar-refractivity contribution in [1.82, 2.24) is 9.97 Å². The van der Waals surface area contributed by atoms with Gasteiger partial charge in [0.25, 0.3) is 0 Å². The number of aromatic hydroxyl groups is 1. The van der Waals surface area contributed by atoms with Gasteiger partial charge in [-0.2, -0.15) is 0 Å². The third-order valence-corrected chi connectivity index (χ3v) is 2.64. The van der Waals surface area contributed by atoms with E-state index in [1.807, 2.05) is 0 Å². The number of hydrogen-bond acceptors (Lipinski definition) is 5. The zero-order valence-corrected chi connectivity index (χ0v) is 10.9. The molecule has 2 N–H and O–H groups in total. The van der Waals surface area contributed by atoms with E-state index in [0.717, 1.165) is 4.47 Å². The number of halogens is 1. The third-order valence-electron chi connectivity index (χ3n) is 2.23. The number of nitrogens with zero attached hydrogens (tertiary/aromatic N) is 2. The molecular formula is C12H10BrN3O2. The van der Waals surface area contributed by atoms with Crippen LogP contribution in [0, 0.1) is 0 Å². The van der Waals surface area contributed by atoms with Gasteiger partial charge in [-0.25, -0.2) is 9.97 Å². The van der Waals surface area contributed by atoms with Gasteiger partial charge in [-0.05, 0) is 28.1 Å². The Kier molecular flexibility index (Phi) is 3.88. The van der Waals surface area contributed by atoms with Crippen LogP contribution >= 0.6 is 15.9 Å². The van der Waals surface area contributed by atoms with Crippen LogP contribution in [0.3, 0.4) is 0 Å². The molecule has 0 aliphatic rings. The van der Waals surface area contributed by atoms with E-state index in [2.05, 4.69) is 31.2 Å². The van der Waals surface area contributed by atoms with Crippen LogP contribution in [-0.4, -0.2) is 27.4 Å². The number of Topliss-reactive ketones (excluding diaryl/α,β-unsaturated/α-hetero) is 1. The summed E-state index contributed by atoms with van der Waals surface area (Å²) in [6.45, 7) is 0.0270. The lowest BCUT2D eigenvalue weighted by Gasteiger charge is -2.05. The standard InChI is InChI=1S/C12H10BrN3O2/c13-8-5-14-12(15-6-8)16-7-11(18)9-3-1-2-4-10(9)17/h1-6,17H,7H2,(H,14,15,16). The first-order valence-corrected chi connectivity index (χ1v) is 5.99. The Hall–Kier alpha value is -1.95. The van der Waals surface area contributed by atoms with Crippen LogP contribution < -0.4 is 5.32 Å². The molecule has 0 saturated carbocycles. The number of nitrogens with one attached hydrogen (secondary N) is 1. The van der Waals surface area contributed by atoms with Gasteiger partial charge in [0.05, 0.1) is 16.6 Å². The van der Waals surface area contributed by atoms with E-state index in [1.54, 1.807) is 30.6 Å². The van der Waals surface area contributed by atoms with Crippen LogP contribution in [0.2, 0.25) is 0 Å². The van der Waals surface area contributed by atoms with Crippen molar-refractivity contribution in [1.29, 1.82) is 0 Å². The molecule has 0 fully saturated rings. The maximum absolute atomic E-state index is 11.8. The molecule has 0 unspecified atom stereocenters. The average Bonchev–Trinajstić information content (AvgIpc) is 2.38. The predicted molar refractivity (Wildman–Crippen MR) is 70.7 cm³/mol. The summed E-state index contributed by atoms with van der Waals surface area (Å²) in [6.07, 6.45) is 3.17. The summed E-state index contributed by atoms with van der Waals surface area (Å²) < 4.78 is 0.764. The topological polar surface area (TPSA) is 75.1 Å². The molecule has 0 bridgehead atoms. The molecule has 0 aliphatic heterocycles. The minimum atomic E-state index is -0.223. The van der Waals surface area contributed by atoms with Crippen molar-refractivity contribution in [2.24, 2.45) is 0 Å². The van der Waals surface area contributed by atoms with Crippen LogP contribution in [0.4, 0.5) is 5.95 Å². The lowest BCUT2D eigenvalue weighted by atomic mass is 10.1. The number of benzene rings is 1. The monoisotopic (exact) mass is 307 g/mol. The van der Waals surface area contributed by atoms with Crippen LogP contribution in [0.1, 0.15) is 10.4 Å². The molecular weight excluding hydrogens is 298 g/mol. The number of anilines is 1. The fourth-order valence-electron chi connectivity index (χ4n) is 1.37. The molecule has 92 valence electrons. The second-order valence-electron chi connectivity index (χ2n) is 3.52. The van der Waals surface area contributed by atoms with Gasteiger partial charge in [0.1, 0.15) is 5.75 Å². The van der Waals surface area contributed by atoms with Crippen molar-refractivity contribution in [3.05, 3.63) is 46.7 Å². The van der Waals surface area contributed by atoms with Gasteiger partial charge in [0.2, 0.25) is 5.95 Å². The molecule has 1 aromatic heterocycles. The Morgan fingerprint density at radius 3 is 2.61 bits per heavy atom. The number of rotatable bonds is 4. The molecule has 18 heavy (non-hydrogen) atoms. The minimum Gasteiger partial charge on any atom is -0.507 e. The van der Waals surface area contributed by atoms with E-state index in [-0.39, 0.29) is 23.6 Å². The number of para-hydroxylation sites is 1. The van der Waals surface area contributed by atoms with Crippen LogP contribution in [0.15, 0.2) is 41.1 Å². The molecule has 0 atom stereocenters. The maximum atomic E-state index is 11.8. The van der Waals surface area contributed by atoms with E-state index in [4.69, 9.17) is 0 Å². The number of hydrogen-bond donors (Lipinski definition) is 2. The number of aromatic nitrogens is 2. The van der Waals surface area contributed by atoms with Gasteiger partial charge in [0.15, 0.2) is 5.78 Å². The third kappa shape index (κ3) is 3.04. The molecule has 0 spiro atoms. The summed E-state index contributed by atoms with van der Waals surface area (Å²) in [5.41, 5.74) is 0.280. The summed E-state index contributed by atoms with van der Waals surface area (Å²) in [6, 6.07) is 6.41. The first-order chi connectivity index (χ1) is 8.66. The molecule has 0 amide bonds. The fourth-order valence-corrected chi connectivity index (χ4v) is 1.57. The van der Waals surface area contributed by atoms with Crippen LogP contribution in [0.25, 0.3) is 0 Å². The lowest BCUT2D eigenvalue weighted by molar-refractivity contribution is 0.100. The molecule has 0 aliphatic carbocycles. The molecule has 2 aromatic rings. The van der Waals surface area contributed by atoms with Gasteiger partial charge >= 0.3 is 0 Å². The highest BCUT2D eigenvalue weighted by atomic mass is 79.9. The molecule has 0 saturated heterocycles. The Balaban J connectivity index is 2.01. The Bertz CT molecular complexity index is 558. The molecule has 1 aromatic carbocycles. The van der Waals surface area contributed by atoms with E-state index in [1.165, 1.54) is 6.07 Å². The normalized spacial score (nSPS) is 10.1. The number of carbonyl (C=O) groups excluding carboxylic acids is 1. The average molecular weight is 308 g/mol. The maximum Gasteiger partial charge on any atom is 0.223 e. The quantitative estimate of drug-likeness (QED) is 0.847. The highest BCUT2D eigenvalue weighted by Gasteiger charge is 2.10. The number of phenolic OH excluding ortho intramolecular Hbond substituents is 1. The lowest BCUT2D eigenvalue weighted by Crippen LogP contribution is -2.15. The Morgan fingerprint density at radius 1 is 1.28 bits per heavy atom. The Labute approximate surface area is 112 Å². The number of carbonyl (C=O) groups is 1. The van der Waals surface area contributed by atoms with Gasteiger partial charge in [-0.1, -0.05) is 12.1 Å². The van der Waals surface area contributed by atoms with Crippen molar-refractivity contribution < 1.29 is 9.90 Å². The highest BCUT2D eigenvalue weighted by molar-refractivity contribution is 9.10. The summed E-state index contributed by atoms with van der Waals surface area (Å²) in [5, 5.41) is 12.3. The predicted octanol–water partition coefficient (Wildman–Crippen LogP) is 2.24. The zero-order chi connectivity index (χ0) is 13.0. The SMILES string of the molecule is O=C(CNc1ncc(Br)cn1)c1ccccc1O. The van der Waals surface area contributed by atoms with Gasteiger partial charge in [-0.3, -0.25) is 4.79 Å². The second kappa shape index (κ2) is 5.59. The van der Waals surface area contributed by atoms with Crippen molar-refractivity contribution >= 4 is 27.7 Å². The molecule has 5 nitrogen and oxygen atoms in total. The first-order valence-electron chi connectivity index (χ1n) is 5.19. The second-order valence-corrected chi connectivity index (χ2v) is 4.43. The van der Waals surface area contributed by atoms with Crippen molar-refractivity contribution in [3.8, 4) is 5.75 Å². The van der Waals surface area contributed by atoms with Crippen molar-refractivity contribution in [2.75, 3.05) is 11.9 Å². The first kappa shape index (κ1) is 12.5. The van der Waals surface area contributed by atoms with E-state index in [9.17, 15) is 9.90 Å². The summed E-state index contributed by atoms with van der Waals surface area (Å²) in [4.78, 5) is 19.8.